The van der Waals surface area contributed by atoms with Gasteiger partial charge in [0.05, 0.1) is 25.2 Å². The van der Waals surface area contributed by atoms with E-state index in [4.69, 9.17) is 9.15 Å². The normalized spacial score (nSPS) is 16.2. The van der Waals surface area contributed by atoms with E-state index in [1.54, 1.807) is 24.5 Å². The first-order valence-corrected chi connectivity index (χ1v) is 7.94. The molecule has 1 saturated heterocycles. The number of aromatic nitrogens is 1. The molecule has 3 rings (SSSR count). The van der Waals surface area contributed by atoms with Gasteiger partial charge in [-0.15, -0.1) is 11.3 Å². The van der Waals surface area contributed by atoms with Crippen molar-refractivity contribution < 1.29 is 13.9 Å². The minimum atomic E-state index is -0.219. The second-order valence-corrected chi connectivity index (χ2v) is 5.73. The quantitative estimate of drug-likeness (QED) is 0.856. The van der Waals surface area contributed by atoms with E-state index >= 15 is 0 Å². The smallest absolute Gasteiger partial charge is 0.250 e. The highest BCUT2D eigenvalue weighted by Crippen LogP contribution is 2.17. The molecule has 22 heavy (non-hydrogen) atoms. The van der Waals surface area contributed by atoms with Crippen LogP contribution in [0.4, 0.5) is 5.13 Å². The Morgan fingerprint density at radius 3 is 3.09 bits per heavy atom. The Kier molecular flexibility index (Phi) is 4.99. The van der Waals surface area contributed by atoms with E-state index in [1.807, 2.05) is 5.38 Å². The summed E-state index contributed by atoms with van der Waals surface area (Å²) in [4.78, 5) is 18.5. The predicted octanol–water partition coefficient (Wildman–Crippen LogP) is 2.22. The van der Waals surface area contributed by atoms with E-state index in [1.165, 1.54) is 17.4 Å². The molecule has 6 nitrogen and oxygen atoms in total. The molecule has 1 N–H and O–H groups in total. The zero-order valence-electron chi connectivity index (χ0n) is 12.0. The van der Waals surface area contributed by atoms with Gasteiger partial charge in [0, 0.05) is 31.1 Å². The van der Waals surface area contributed by atoms with Gasteiger partial charge in [-0.2, -0.15) is 0 Å². The van der Waals surface area contributed by atoms with Crippen molar-refractivity contribution in [1.82, 2.24) is 9.88 Å². The molecule has 0 aromatic carbocycles. The molecular weight excluding hydrogens is 302 g/mol. The Bertz CT molecular complexity index is 630. The first kappa shape index (κ1) is 15.0. The van der Waals surface area contributed by atoms with Crippen LogP contribution in [0.5, 0.6) is 0 Å². The maximum atomic E-state index is 11.8. The lowest BCUT2D eigenvalue weighted by atomic mass is 10.3. The van der Waals surface area contributed by atoms with Crippen LogP contribution in [0.1, 0.15) is 11.5 Å². The van der Waals surface area contributed by atoms with E-state index in [0.717, 1.165) is 38.5 Å². The molecule has 1 amide bonds. The molecule has 0 aliphatic carbocycles. The number of furan rings is 1. The Morgan fingerprint density at radius 1 is 1.45 bits per heavy atom. The summed E-state index contributed by atoms with van der Waals surface area (Å²) in [6, 6.07) is 3.56. The van der Waals surface area contributed by atoms with E-state index < -0.39 is 0 Å². The summed E-state index contributed by atoms with van der Waals surface area (Å²) in [5, 5.41) is 5.34. The van der Waals surface area contributed by atoms with Crippen molar-refractivity contribution in [1.29, 1.82) is 0 Å². The summed E-state index contributed by atoms with van der Waals surface area (Å²) in [6.45, 7) is 4.17. The average molecular weight is 319 g/mol. The second kappa shape index (κ2) is 7.35. The number of hydrogen-bond donors (Lipinski definition) is 1. The summed E-state index contributed by atoms with van der Waals surface area (Å²) in [5.41, 5.74) is 0.970. The third kappa shape index (κ3) is 4.27. The van der Waals surface area contributed by atoms with Crippen molar-refractivity contribution in [2.24, 2.45) is 0 Å². The summed E-state index contributed by atoms with van der Waals surface area (Å²) >= 11 is 1.43. The van der Waals surface area contributed by atoms with Crippen LogP contribution >= 0.6 is 11.3 Å². The highest BCUT2D eigenvalue weighted by atomic mass is 32.1. The molecule has 1 aliphatic heterocycles. The van der Waals surface area contributed by atoms with Crippen molar-refractivity contribution >= 4 is 28.5 Å². The van der Waals surface area contributed by atoms with Crippen LogP contribution in [0.15, 0.2) is 34.3 Å². The molecule has 0 saturated carbocycles. The van der Waals surface area contributed by atoms with Gasteiger partial charge in [-0.05, 0) is 18.2 Å². The van der Waals surface area contributed by atoms with Crippen molar-refractivity contribution in [3.63, 3.8) is 0 Å². The van der Waals surface area contributed by atoms with Gasteiger partial charge in [0.25, 0.3) is 0 Å². The third-order valence-corrected chi connectivity index (χ3v) is 4.02. The van der Waals surface area contributed by atoms with Crippen LogP contribution < -0.4 is 5.32 Å². The first-order chi connectivity index (χ1) is 10.8. The van der Waals surface area contributed by atoms with Gasteiger partial charge in [0.15, 0.2) is 5.13 Å². The number of anilines is 1. The number of amides is 1. The molecule has 3 heterocycles. The van der Waals surface area contributed by atoms with Crippen LogP contribution in [0.3, 0.4) is 0 Å². The number of nitrogens with zero attached hydrogens (tertiary/aromatic N) is 2. The van der Waals surface area contributed by atoms with E-state index in [0.29, 0.717) is 10.9 Å². The number of ether oxygens (including phenoxy) is 1. The monoisotopic (exact) mass is 319 g/mol. The maximum Gasteiger partial charge on any atom is 0.250 e. The van der Waals surface area contributed by atoms with Crippen LogP contribution in [0.2, 0.25) is 0 Å². The summed E-state index contributed by atoms with van der Waals surface area (Å²) in [6.07, 6.45) is 4.62. The third-order valence-electron chi connectivity index (χ3n) is 3.21. The molecule has 2 aromatic rings. The van der Waals surface area contributed by atoms with Crippen molar-refractivity contribution in [2.45, 2.75) is 6.54 Å². The van der Waals surface area contributed by atoms with E-state index in [-0.39, 0.29) is 5.91 Å². The van der Waals surface area contributed by atoms with Gasteiger partial charge in [0.2, 0.25) is 5.91 Å². The fourth-order valence-corrected chi connectivity index (χ4v) is 2.82. The fourth-order valence-electron chi connectivity index (χ4n) is 2.12. The molecule has 0 bridgehead atoms. The molecule has 116 valence electrons. The van der Waals surface area contributed by atoms with Gasteiger partial charge in [-0.1, -0.05) is 0 Å². The molecule has 0 radical (unpaired) electrons. The molecule has 0 atom stereocenters. The van der Waals surface area contributed by atoms with Crippen LogP contribution in [0.25, 0.3) is 6.08 Å². The zero-order chi connectivity index (χ0) is 15.2. The average Bonchev–Trinajstić information content (AvgIpc) is 3.18. The van der Waals surface area contributed by atoms with Gasteiger partial charge in [0.1, 0.15) is 5.76 Å². The standard InChI is InChI=1S/C15H17N3O3S/c19-14(4-3-13-2-1-7-21-13)17-15-16-12(11-22-15)10-18-5-8-20-9-6-18/h1-4,7,11H,5-6,8-10H2,(H,16,17,19)/b4-3+. The number of hydrogen-bond acceptors (Lipinski definition) is 6. The van der Waals surface area contributed by atoms with Gasteiger partial charge >= 0.3 is 0 Å². The SMILES string of the molecule is O=C(/C=C/c1ccco1)Nc1nc(CN2CCOCC2)cs1. The number of rotatable bonds is 5. The fraction of sp³-hybridized carbons (Fsp3) is 0.333. The topological polar surface area (TPSA) is 67.6 Å². The van der Waals surface area contributed by atoms with Crippen molar-refractivity contribution in [2.75, 3.05) is 31.6 Å². The first-order valence-electron chi connectivity index (χ1n) is 7.07. The Morgan fingerprint density at radius 2 is 2.32 bits per heavy atom. The lowest BCUT2D eigenvalue weighted by Crippen LogP contribution is -2.35. The molecule has 1 aliphatic rings. The number of thiazole rings is 1. The van der Waals surface area contributed by atoms with Crippen LogP contribution in [-0.4, -0.2) is 42.1 Å². The van der Waals surface area contributed by atoms with Crippen molar-refractivity contribution in [3.8, 4) is 0 Å². The zero-order valence-corrected chi connectivity index (χ0v) is 12.8. The number of morpholine rings is 1. The maximum absolute atomic E-state index is 11.8. The predicted molar refractivity (Wildman–Crippen MR) is 84.6 cm³/mol. The number of carbonyl (C=O) groups excluding carboxylic acids is 1. The molecular formula is C15H17N3O3S. The highest BCUT2D eigenvalue weighted by molar-refractivity contribution is 7.13. The van der Waals surface area contributed by atoms with Crippen LogP contribution in [0, 0.1) is 0 Å². The Balaban J connectivity index is 1.51. The number of nitrogens with one attached hydrogen (secondary N) is 1. The molecule has 7 heteroatoms. The molecule has 1 fully saturated rings. The summed E-state index contributed by atoms with van der Waals surface area (Å²) in [5.74, 6) is 0.422. The van der Waals surface area contributed by atoms with Crippen molar-refractivity contribution in [3.05, 3.63) is 41.3 Å². The van der Waals surface area contributed by atoms with E-state index in [2.05, 4.69) is 15.2 Å². The van der Waals surface area contributed by atoms with Gasteiger partial charge < -0.3 is 9.15 Å². The Labute approximate surface area is 132 Å². The summed E-state index contributed by atoms with van der Waals surface area (Å²) in [7, 11) is 0. The van der Waals surface area contributed by atoms with E-state index in [9.17, 15) is 4.79 Å². The molecule has 0 unspecified atom stereocenters. The van der Waals surface area contributed by atoms with Crippen LogP contribution in [-0.2, 0) is 16.1 Å². The lowest BCUT2D eigenvalue weighted by molar-refractivity contribution is -0.111. The second-order valence-electron chi connectivity index (χ2n) is 4.87. The van der Waals surface area contributed by atoms with Gasteiger partial charge in [-0.25, -0.2) is 4.98 Å². The lowest BCUT2D eigenvalue weighted by Gasteiger charge is -2.25. The highest BCUT2D eigenvalue weighted by Gasteiger charge is 2.13. The van der Waals surface area contributed by atoms with Gasteiger partial charge in [-0.3, -0.25) is 15.0 Å². The Hall–Kier alpha value is -1.96. The summed E-state index contributed by atoms with van der Waals surface area (Å²) < 4.78 is 10.4. The number of carbonyl (C=O) groups is 1. The molecule has 2 aromatic heterocycles. The minimum Gasteiger partial charge on any atom is -0.465 e. The molecule has 0 spiro atoms. The largest absolute Gasteiger partial charge is 0.465 e. The minimum absolute atomic E-state index is 0.219.